The molecular weight excluding hydrogens is 232 g/mol. The first kappa shape index (κ1) is 11.3. The molecule has 1 heterocycles. The number of carboxylic acid groups (broad SMARTS) is 1. The Morgan fingerprint density at radius 1 is 1.41 bits per heavy atom. The highest BCUT2D eigenvalue weighted by molar-refractivity contribution is 5.93. The molecule has 0 aliphatic heterocycles. The number of aromatic carboxylic acids is 1. The van der Waals surface area contributed by atoms with Gasteiger partial charge < -0.3 is 5.11 Å². The Morgan fingerprint density at radius 2 is 2.06 bits per heavy atom. The van der Waals surface area contributed by atoms with Gasteiger partial charge in [-0.25, -0.2) is 4.79 Å². The minimum absolute atomic E-state index is 0.131. The quantitative estimate of drug-likeness (QED) is 0.773. The number of aromatic nitrogens is 1. The van der Waals surface area contributed by atoms with Crippen LogP contribution in [0.3, 0.4) is 0 Å². The van der Waals surface area contributed by atoms with Gasteiger partial charge in [-0.05, 0) is 18.6 Å². The summed E-state index contributed by atoms with van der Waals surface area (Å²) < 4.78 is 26.9. The molecule has 0 amide bonds. The van der Waals surface area contributed by atoms with Gasteiger partial charge in [-0.3, -0.25) is 4.79 Å². The molecule has 1 aromatic carbocycles. The zero-order chi connectivity index (χ0) is 12.7. The Labute approximate surface area is 93.7 Å². The van der Waals surface area contributed by atoms with Crippen molar-refractivity contribution in [2.75, 3.05) is 0 Å². The topological polar surface area (TPSA) is 59.3 Å². The standard InChI is InChI=1S/C11H7F2NO3/c1-5-3-2-4-6-7(5)9(15)8(11(16)17)10(12)14(6)13/h2-4H,1H3,(H,16,17). The lowest BCUT2D eigenvalue weighted by atomic mass is 10.1. The molecule has 0 aliphatic rings. The molecule has 0 saturated carbocycles. The molecule has 0 aliphatic carbocycles. The van der Waals surface area contributed by atoms with E-state index in [9.17, 15) is 18.5 Å². The summed E-state index contributed by atoms with van der Waals surface area (Å²) in [5.41, 5.74) is -2.09. The molecular formula is C11H7F2NO3. The van der Waals surface area contributed by atoms with Crippen LogP contribution in [0.15, 0.2) is 23.0 Å². The first-order valence-electron chi connectivity index (χ1n) is 4.68. The van der Waals surface area contributed by atoms with E-state index in [4.69, 9.17) is 5.11 Å². The van der Waals surface area contributed by atoms with Crippen molar-refractivity contribution in [3.63, 3.8) is 0 Å². The summed E-state index contributed by atoms with van der Waals surface area (Å²) in [5, 5.41) is 8.57. The van der Waals surface area contributed by atoms with E-state index in [0.29, 0.717) is 5.56 Å². The highest BCUT2D eigenvalue weighted by Gasteiger charge is 2.23. The van der Waals surface area contributed by atoms with Crippen LogP contribution in [-0.4, -0.2) is 15.9 Å². The van der Waals surface area contributed by atoms with Crippen molar-refractivity contribution in [2.24, 2.45) is 0 Å². The summed E-state index contributed by atoms with van der Waals surface area (Å²) in [6.07, 6.45) is 0. The van der Waals surface area contributed by atoms with Crippen LogP contribution >= 0.6 is 0 Å². The SMILES string of the molecule is Cc1cccc2c1c(=O)c(C(=O)O)c(F)n2F. The van der Waals surface area contributed by atoms with Crippen molar-refractivity contribution in [3.05, 3.63) is 45.5 Å². The molecule has 2 rings (SSSR count). The summed E-state index contributed by atoms with van der Waals surface area (Å²) in [6.45, 7) is 1.52. The summed E-state index contributed by atoms with van der Waals surface area (Å²) in [6, 6.07) is 4.18. The normalized spacial score (nSPS) is 10.8. The molecule has 6 heteroatoms. The fourth-order valence-corrected chi connectivity index (χ4v) is 1.72. The molecule has 0 radical (unpaired) electrons. The summed E-state index contributed by atoms with van der Waals surface area (Å²) in [7, 11) is 0. The zero-order valence-electron chi connectivity index (χ0n) is 8.70. The van der Waals surface area contributed by atoms with E-state index >= 15 is 0 Å². The van der Waals surface area contributed by atoms with Gasteiger partial charge in [-0.15, -0.1) is 4.79 Å². The van der Waals surface area contributed by atoms with Crippen molar-refractivity contribution in [2.45, 2.75) is 6.92 Å². The molecule has 0 spiro atoms. The Kier molecular flexibility index (Phi) is 2.42. The number of carboxylic acids is 1. The van der Waals surface area contributed by atoms with E-state index in [1.165, 1.54) is 25.1 Å². The van der Waals surface area contributed by atoms with E-state index in [-0.39, 0.29) is 10.9 Å². The third-order valence-corrected chi connectivity index (χ3v) is 2.51. The molecule has 0 bridgehead atoms. The van der Waals surface area contributed by atoms with Crippen LogP contribution in [-0.2, 0) is 0 Å². The van der Waals surface area contributed by atoms with Gasteiger partial charge in [0.25, 0.3) is 0 Å². The predicted molar refractivity (Wildman–Crippen MR) is 56.4 cm³/mol. The number of rotatable bonds is 1. The largest absolute Gasteiger partial charge is 0.477 e. The first-order chi connectivity index (χ1) is 7.95. The number of hydrogen-bond donors (Lipinski definition) is 1. The number of aryl methyl sites for hydroxylation is 1. The highest BCUT2D eigenvalue weighted by atomic mass is 19.2. The molecule has 0 fully saturated rings. The lowest BCUT2D eigenvalue weighted by molar-refractivity contribution is 0.0685. The van der Waals surface area contributed by atoms with E-state index in [2.05, 4.69) is 0 Å². The number of fused-ring (bicyclic) bond motifs is 1. The van der Waals surface area contributed by atoms with E-state index < -0.39 is 27.7 Å². The van der Waals surface area contributed by atoms with Gasteiger partial charge in [0.2, 0.25) is 11.4 Å². The second-order valence-corrected chi connectivity index (χ2v) is 3.55. The second kappa shape index (κ2) is 3.65. The number of pyridine rings is 1. The van der Waals surface area contributed by atoms with Crippen molar-refractivity contribution in [3.8, 4) is 0 Å². The monoisotopic (exact) mass is 239 g/mol. The molecule has 0 saturated heterocycles. The van der Waals surface area contributed by atoms with Gasteiger partial charge in [-0.2, -0.15) is 4.39 Å². The zero-order valence-corrected chi connectivity index (χ0v) is 8.70. The average molecular weight is 239 g/mol. The third-order valence-electron chi connectivity index (χ3n) is 2.51. The van der Waals surface area contributed by atoms with Gasteiger partial charge in [0.1, 0.15) is 0 Å². The minimum Gasteiger partial charge on any atom is -0.477 e. The lowest BCUT2D eigenvalue weighted by Gasteiger charge is -2.07. The molecule has 1 N–H and O–H groups in total. The molecule has 17 heavy (non-hydrogen) atoms. The average Bonchev–Trinajstić information content (AvgIpc) is 2.25. The van der Waals surface area contributed by atoms with Gasteiger partial charge in [0, 0.05) is 0 Å². The molecule has 1 aromatic heterocycles. The van der Waals surface area contributed by atoms with Crippen LogP contribution in [0.25, 0.3) is 10.9 Å². The second-order valence-electron chi connectivity index (χ2n) is 3.55. The van der Waals surface area contributed by atoms with E-state index in [1.54, 1.807) is 0 Å². The van der Waals surface area contributed by atoms with Crippen molar-refractivity contribution >= 4 is 16.9 Å². The Morgan fingerprint density at radius 3 is 2.65 bits per heavy atom. The number of benzene rings is 1. The van der Waals surface area contributed by atoms with Crippen molar-refractivity contribution in [1.82, 2.24) is 4.79 Å². The maximum atomic E-state index is 13.5. The molecule has 0 atom stereocenters. The number of hydrogen-bond acceptors (Lipinski definition) is 2. The van der Waals surface area contributed by atoms with Gasteiger partial charge in [-0.1, -0.05) is 16.6 Å². The molecule has 0 unspecified atom stereocenters. The molecule has 88 valence electrons. The third kappa shape index (κ3) is 1.49. The van der Waals surface area contributed by atoms with Crippen LogP contribution in [0.2, 0.25) is 0 Å². The minimum atomic E-state index is -1.79. The summed E-state index contributed by atoms with van der Waals surface area (Å²) in [4.78, 5) is 22.1. The smallest absolute Gasteiger partial charge is 0.344 e. The maximum absolute atomic E-state index is 13.5. The van der Waals surface area contributed by atoms with Gasteiger partial charge in [0.05, 0.1) is 10.9 Å². The van der Waals surface area contributed by atoms with E-state index in [0.717, 1.165) is 0 Å². The van der Waals surface area contributed by atoms with Gasteiger partial charge >= 0.3 is 5.97 Å². The van der Waals surface area contributed by atoms with Gasteiger partial charge in [0.15, 0.2) is 5.56 Å². The lowest BCUT2D eigenvalue weighted by Crippen LogP contribution is -2.21. The van der Waals surface area contributed by atoms with Crippen LogP contribution in [0.4, 0.5) is 8.87 Å². The maximum Gasteiger partial charge on any atom is 0.344 e. The highest BCUT2D eigenvalue weighted by Crippen LogP contribution is 2.18. The number of nitrogens with zero attached hydrogens (tertiary/aromatic N) is 1. The molecule has 4 nitrogen and oxygen atoms in total. The predicted octanol–water partition coefficient (Wildman–Crippen LogP) is 1.88. The van der Waals surface area contributed by atoms with Crippen LogP contribution < -0.4 is 5.43 Å². The van der Waals surface area contributed by atoms with Crippen LogP contribution in [0.5, 0.6) is 0 Å². The Balaban J connectivity index is 3.13. The molecule has 2 aromatic rings. The summed E-state index contributed by atoms with van der Waals surface area (Å²) in [5.74, 6) is -3.48. The fourth-order valence-electron chi connectivity index (χ4n) is 1.72. The van der Waals surface area contributed by atoms with Crippen molar-refractivity contribution in [1.29, 1.82) is 0 Å². The Hall–Kier alpha value is -2.24. The Bertz CT molecular complexity index is 691. The number of carbonyl (C=O) groups is 1. The first-order valence-corrected chi connectivity index (χ1v) is 4.68. The van der Waals surface area contributed by atoms with Crippen molar-refractivity contribution < 1.29 is 18.8 Å². The van der Waals surface area contributed by atoms with Crippen LogP contribution in [0.1, 0.15) is 15.9 Å². The number of halogens is 2. The summed E-state index contributed by atoms with van der Waals surface area (Å²) >= 11 is 0. The van der Waals surface area contributed by atoms with E-state index in [1.807, 2.05) is 0 Å². The van der Waals surface area contributed by atoms with Crippen LogP contribution in [0, 0.1) is 12.9 Å². The fraction of sp³-hybridized carbons (Fsp3) is 0.0909.